The molecule has 1 aromatic carbocycles. The minimum atomic E-state index is -0.254. The van der Waals surface area contributed by atoms with Crippen molar-refractivity contribution in [1.82, 2.24) is 15.5 Å². The van der Waals surface area contributed by atoms with Crippen LogP contribution in [0.15, 0.2) is 24.3 Å². The number of nitrogens with zero attached hydrogens (tertiary/aromatic N) is 1. The molecule has 1 rings (SSSR count). The van der Waals surface area contributed by atoms with Gasteiger partial charge in [0.05, 0.1) is 12.6 Å². The van der Waals surface area contributed by atoms with E-state index in [-0.39, 0.29) is 25.2 Å². The number of carbonyl (C=O) groups excluding carboxylic acids is 1. The Kier molecular flexibility index (Phi) is 7.04. The summed E-state index contributed by atoms with van der Waals surface area (Å²) in [4.78, 5) is 13.6. The summed E-state index contributed by atoms with van der Waals surface area (Å²) >= 11 is 0. The van der Waals surface area contributed by atoms with Gasteiger partial charge in [-0.05, 0) is 31.6 Å². The fourth-order valence-electron chi connectivity index (χ4n) is 2.00. The topological polar surface area (TPSA) is 64.6 Å². The molecule has 5 heteroatoms. The molecule has 0 bridgehead atoms. The predicted molar refractivity (Wildman–Crippen MR) is 80.7 cm³/mol. The van der Waals surface area contributed by atoms with E-state index in [0.717, 1.165) is 6.42 Å². The van der Waals surface area contributed by atoms with Gasteiger partial charge in [-0.3, -0.25) is 0 Å². The number of nitrogens with one attached hydrogen (secondary N) is 2. The van der Waals surface area contributed by atoms with E-state index in [1.807, 2.05) is 14.1 Å². The summed E-state index contributed by atoms with van der Waals surface area (Å²) in [6.07, 6.45) is 1.02. The molecule has 1 atom stereocenters. The van der Waals surface area contributed by atoms with Crippen molar-refractivity contribution in [3.63, 3.8) is 0 Å². The number of carbonyl (C=O) groups is 1. The van der Waals surface area contributed by atoms with Crippen molar-refractivity contribution < 1.29 is 9.90 Å². The smallest absolute Gasteiger partial charge is 0.314 e. The van der Waals surface area contributed by atoms with Crippen molar-refractivity contribution in [3.8, 4) is 0 Å². The van der Waals surface area contributed by atoms with Crippen molar-refractivity contribution in [2.45, 2.75) is 19.4 Å². The number of aryl methyl sites for hydroxylation is 1. The van der Waals surface area contributed by atoms with Gasteiger partial charge in [-0.25, -0.2) is 4.79 Å². The number of rotatable bonds is 7. The highest BCUT2D eigenvalue weighted by atomic mass is 16.3. The molecule has 1 unspecified atom stereocenters. The summed E-state index contributed by atoms with van der Waals surface area (Å²) in [7, 11) is 3.98. The Morgan fingerprint density at radius 2 is 1.90 bits per heavy atom. The van der Waals surface area contributed by atoms with E-state index in [2.05, 4.69) is 46.7 Å². The third-order valence-electron chi connectivity index (χ3n) is 3.25. The molecule has 0 aromatic heterocycles. The van der Waals surface area contributed by atoms with Crippen LogP contribution in [0.4, 0.5) is 4.79 Å². The van der Waals surface area contributed by atoms with Crippen LogP contribution in [0, 0.1) is 0 Å². The second kappa shape index (κ2) is 8.55. The number of hydrogen-bond acceptors (Lipinski definition) is 3. The second-order valence-electron chi connectivity index (χ2n) is 4.93. The summed E-state index contributed by atoms with van der Waals surface area (Å²) in [5.74, 6) is 0. The maximum absolute atomic E-state index is 11.5. The van der Waals surface area contributed by atoms with Gasteiger partial charge in [0.15, 0.2) is 0 Å². The number of likely N-dealkylation sites (N-methyl/N-ethyl adjacent to an activating group) is 1. The lowest BCUT2D eigenvalue weighted by Gasteiger charge is -2.25. The maximum Gasteiger partial charge on any atom is 0.314 e. The molecule has 1 aromatic rings. The molecule has 0 aliphatic rings. The summed E-state index contributed by atoms with van der Waals surface area (Å²) in [5, 5.41) is 14.1. The normalized spacial score (nSPS) is 12.2. The highest BCUT2D eigenvalue weighted by Crippen LogP contribution is 2.18. The SMILES string of the molecule is CCc1ccc(C(CNC(=O)NCCO)N(C)C)cc1. The Morgan fingerprint density at radius 3 is 2.40 bits per heavy atom. The van der Waals surface area contributed by atoms with Crippen molar-refractivity contribution in [2.24, 2.45) is 0 Å². The van der Waals surface area contributed by atoms with E-state index >= 15 is 0 Å². The van der Waals surface area contributed by atoms with Crippen LogP contribution in [0.2, 0.25) is 0 Å². The first kappa shape index (κ1) is 16.5. The lowest BCUT2D eigenvalue weighted by atomic mass is 10.0. The van der Waals surface area contributed by atoms with Crippen LogP contribution in [0.1, 0.15) is 24.1 Å². The van der Waals surface area contributed by atoms with Crippen LogP contribution in [-0.2, 0) is 6.42 Å². The molecule has 0 heterocycles. The molecule has 0 aliphatic heterocycles. The molecule has 0 fully saturated rings. The standard InChI is InChI=1S/C15H25N3O2/c1-4-12-5-7-13(8-6-12)14(18(2)3)11-17-15(20)16-9-10-19/h5-8,14,19H,4,9-11H2,1-3H3,(H2,16,17,20). The molecule has 0 aliphatic carbocycles. The Labute approximate surface area is 121 Å². The zero-order valence-corrected chi connectivity index (χ0v) is 12.5. The number of benzene rings is 1. The van der Waals surface area contributed by atoms with Crippen molar-refractivity contribution in [3.05, 3.63) is 35.4 Å². The maximum atomic E-state index is 11.5. The van der Waals surface area contributed by atoms with Crippen LogP contribution >= 0.6 is 0 Å². The number of aliphatic hydroxyl groups excluding tert-OH is 1. The van der Waals surface area contributed by atoms with Crippen molar-refractivity contribution in [1.29, 1.82) is 0 Å². The zero-order valence-electron chi connectivity index (χ0n) is 12.5. The summed E-state index contributed by atoms with van der Waals surface area (Å²) < 4.78 is 0. The highest BCUT2D eigenvalue weighted by molar-refractivity contribution is 5.73. The molecule has 5 nitrogen and oxygen atoms in total. The van der Waals surface area contributed by atoms with Crippen LogP contribution < -0.4 is 10.6 Å². The van der Waals surface area contributed by atoms with E-state index < -0.39 is 0 Å². The average Bonchev–Trinajstić information content (AvgIpc) is 2.45. The molecule has 3 N–H and O–H groups in total. The van der Waals surface area contributed by atoms with Crippen LogP contribution in [0.5, 0.6) is 0 Å². The quantitative estimate of drug-likeness (QED) is 0.701. The van der Waals surface area contributed by atoms with E-state index in [9.17, 15) is 4.79 Å². The van der Waals surface area contributed by atoms with Gasteiger partial charge in [-0.1, -0.05) is 31.2 Å². The van der Waals surface area contributed by atoms with Gasteiger partial charge in [0.1, 0.15) is 0 Å². The number of urea groups is 1. The zero-order chi connectivity index (χ0) is 15.0. The van der Waals surface area contributed by atoms with E-state index in [1.165, 1.54) is 11.1 Å². The minimum Gasteiger partial charge on any atom is -0.395 e. The van der Waals surface area contributed by atoms with Gasteiger partial charge < -0.3 is 20.6 Å². The van der Waals surface area contributed by atoms with E-state index in [1.54, 1.807) is 0 Å². The van der Waals surface area contributed by atoms with Gasteiger partial charge >= 0.3 is 6.03 Å². The first-order valence-corrected chi connectivity index (χ1v) is 6.96. The fourth-order valence-corrected chi connectivity index (χ4v) is 2.00. The van der Waals surface area contributed by atoms with E-state index in [0.29, 0.717) is 6.54 Å². The third-order valence-corrected chi connectivity index (χ3v) is 3.25. The van der Waals surface area contributed by atoms with Crippen LogP contribution in [-0.4, -0.2) is 49.8 Å². The Hall–Kier alpha value is -1.59. The monoisotopic (exact) mass is 279 g/mol. The lowest BCUT2D eigenvalue weighted by molar-refractivity contribution is 0.227. The minimum absolute atomic E-state index is 0.0526. The third kappa shape index (κ3) is 5.19. The highest BCUT2D eigenvalue weighted by Gasteiger charge is 2.14. The number of aliphatic hydroxyl groups is 1. The van der Waals surface area contributed by atoms with Gasteiger partial charge in [-0.2, -0.15) is 0 Å². The summed E-state index contributed by atoms with van der Waals surface area (Å²) in [6.45, 7) is 2.87. The van der Waals surface area contributed by atoms with Gasteiger partial charge in [0.25, 0.3) is 0 Å². The molecule has 0 saturated heterocycles. The van der Waals surface area contributed by atoms with Crippen LogP contribution in [0.25, 0.3) is 0 Å². The van der Waals surface area contributed by atoms with Gasteiger partial charge in [-0.15, -0.1) is 0 Å². The van der Waals surface area contributed by atoms with Gasteiger partial charge in [0, 0.05) is 13.1 Å². The molecule has 2 amide bonds. The first-order valence-electron chi connectivity index (χ1n) is 6.96. The number of amides is 2. The number of hydrogen-bond donors (Lipinski definition) is 3. The second-order valence-corrected chi connectivity index (χ2v) is 4.93. The molecule has 112 valence electrons. The molecular weight excluding hydrogens is 254 g/mol. The molecule has 0 spiro atoms. The van der Waals surface area contributed by atoms with Gasteiger partial charge in [0.2, 0.25) is 0 Å². The Morgan fingerprint density at radius 1 is 1.25 bits per heavy atom. The van der Waals surface area contributed by atoms with Crippen LogP contribution in [0.3, 0.4) is 0 Å². The Bertz CT molecular complexity index is 404. The molecule has 0 radical (unpaired) electrons. The average molecular weight is 279 g/mol. The molecule has 20 heavy (non-hydrogen) atoms. The predicted octanol–water partition coefficient (Wildman–Crippen LogP) is 1.14. The van der Waals surface area contributed by atoms with Crippen molar-refractivity contribution >= 4 is 6.03 Å². The fraction of sp³-hybridized carbons (Fsp3) is 0.533. The van der Waals surface area contributed by atoms with E-state index in [4.69, 9.17) is 5.11 Å². The molecular formula is C15H25N3O2. The molecule has 0 saturated carbocycles. The summed E-state index contributed by atoms with van der Waals surface area (Å²) in [5.41, 5.74) is 2.48. The van der Waals surface area contributed by atoms with Crippen molar-refractivity contribution in [2.75, 3.05) is 33.8 Å². The lowest BCUT2D eigenvalue weighted by Crippen LogP contribution is -2.41. The first-order chi connectivity index (χ1) is 9.58. The Balaban J connectivity index is 2.61. The largest absolute Gasteiger partial charge is 0.395 e. The summed E-state index contributed by atoms with van der Waals surface area (Å²) in [6, 6.07) is 8.33.